The van der Waals surface area contributed by atoms with Crippen LogP contribution in [-0.2, 0) is 6.42 Å². The van der Waals surface area contributed by atoms with Crippen LogP contribution in [0.25, 0.3) is 4.85 Å². The average molecular weight is 1490 g/mol. The van der Waals surface area contributed by atoms with Gasteiger partial charge in [-0.15, -0.1) is 0 Å². The summed E-state index contributed by atoms with van der Waals surface area (Å²) >= 11 is -10.7. The van der Waals surface area contributed by atoms with Crippen LogP contribution in [0.15, 0.2) is 187 Å². The first-order chi connectivity index (χ1) is 43.3. The molecule has 452 valence electrons. The van der Waals surface area contributed by atoms with Crippen molar-refractivity contribution in [2.24, 2.45) is 30.0 Å². The summed E-state index contributed by atoms with van der Waals surface area (Å²) < 4.78 is 41.6. The molecule has 17 nitrogen and oxygen atoms in total. The van der Waals surface area contributed by atoms with Gasteiger partial charge in [-0.2, -0.15) is 0 Å². The van der Waals surface area contributed by atoms with Gasteiger partial charge in [-0.05, 0) is 0 Å². The quantitative estimate of drug-likeness (QED) is 0.105. The van der Waals surface area contributed by atoms with Crippen molar-refractivity contribution in [3.05, 3.63) is 207 Å². The van der Waals surface area contributed by atoms with Crippen LogP contribution in [0, 0.1) is 17.9 Å². The molecule has 7 aromatic carbocycles. The second-order valence-electron chi connectivity index (χ2n) is 19.2. The molecule has 0 saturated carbocycles. The molecule has 0 spiro atoms. The summed E-state index contributed by atoms with van der Waals surface area (Å²) in [5.74, 6) is 3.81. The maximum atomic E-state index is 9.49. The number of aryl methyl sites for hydroxylation is 1. The molecule has 0 aliphatic carbocycles. The van der Waals surface area contributed by atoms with Gasteiger partial charge in [0.1, 0.15) is 0 Å². The number of methoxy groups -OCH3 is 1. The zero-order valence-electron chi connectivity index (χ0n) is 49.8. The van der Waals surface area contributed by atoms with Gasteiger partial charge in [0, 0.05) is 0 Å². The standard InChI is InChI=1S/C28H34N4O2.C21H16Cl2GeN4O3.C16H16N2O2.2ClH.Ga.In/c1-5-31(6-2)23-15-13-21(27(33)17-23)19-29-25-11-9-10-12-26(25)30-20-22-14-16-24(18-28(22)34)32(7-3)8-4;1-4-14-5-6-15-12-27-18(11-25)21(26-2)28-13-16-7-8-17(29-3)10-20(16)31-24(22,23)30-19(15)9-14;19-15-7-3-1-5-13(15)11-17-9-10-18-12-14-6-2-4-8-16(14)20;;;;/h9-20,33-34H,5-8H2,1-4H3;5-10,12-13H,4H2,1,3H3;1-8,11-12,19-20H,9-10H2;2*1H;;/q;;;;;2*+3/p-6. The number of para-hydroxylation sites is 4. The van der Waals surface area contributed by atoms with Gasteiger partial charge in [-0.3, -0.25) is 0 Å². The van der Waals surface area contributed by atoms with Gasteiger partial charge >= 0.3 is 559 Å². The minimum atomic E-state index is -4.37. The Bertz CT molecular complexity index is 3670. The van der Waals surface area contributed by atoms with E-state index in [0.29, 0.717) is 47.2 Å². The molecule has 0 N–H and O–H groups in total. The topological polar surface area (TPSA) is 173 Å². The summed E-state index contributed by atoms with van der Waals surface area (Å²) in [4.78, 5) is 34.4. The number of nitriles is 1. The second kappa shape index (κ2) is 34.0. The number of halogens is 4. The molecule has 0 bridgehead atoms. The van der Waals surface area contributed by atoms with Crippen molar-refractivity contribution in [3.63, 3.8) is 0 Å². The minimum absolute atomic E-state index is 0.142. The molecule has 24 heteroatoms. The third kappa shape index (κ3) is 19.3. The zero-order chi connectivity index (χ0) is 63.1. The number of allylic oxidation sites excluding steroid dienone is 1. The van der Waals surface area contributed by atoms with Crippen molar-refractivity contribution in [1.29, 1.82) is 5.26 Å². The number of nitrogens with zero attached hydrogens (tertiary/aromatic N) is 10. The number of aliphatic imine (C=N–C) groups is 6. The van der Waals surface area contributed by atoms with Crippen LogP contribution in [0.3, 0.4) is 0 Å². The Hall–Kier alpha value is -7.31. The first-order valence-corrected chi connectivity index (χ1v) is 47.8. The van der Waals surface area contributed by atoms with Gasteiger partial charge in [0.15, 0.2) is 0 Å². The molecular weight excluding hydrogens is 1430 g/mol. The van der Waals surface area contributed by atoms with Crippen LogP contribution in [0.1, 0.15) is 73.6 Å². The number of benzene rings is 7. The molecule has 10 rings (SSSR count). The van der Waals surface area contributed by atoms with Crippen molar-refractivity contribution in [2.45, 2.75) is 41.0 Å². The molecule has 3 heterocycles. The fourth-order valence-electron chi connectivity index (χ4n) is 8.92. The van der Waals surface area contributed by atoms with Crippen LogP contribution in [0.2, 0.25) is 0 Å². The van der Waals surface area contributed by atoms with E-state index in [1.165, 1.54) is 19.5 Å². The molecular formula is C65H62Cl4GaGeInN10O7. The summed E-state index contributed by atoms with van der Waals surface area (Å²) in [6.07, 6.45) is 10.8. The van der Waals surface area contributed by atoms with Crippen molar-refractivity contribution in [3.8, 4) is 46.3 Å². The maximum absolute atomic E-state index is 9.49. The van der Waals surface area contributed by atoms with Gasteiger partial charge in [0.2, 0.25) is 0 Å². The van der Waals surface area contributed by atoms with Crippen LogP contribution >= 0.6 is 38.2 Å². The SMILES string of the molecule is CCN(CC)c1ccc2c(c1)[O][Ga]([Cl])[O]c1cc(N(CC)CC)ccc1C=Nc1ccccc1N=C2.[C-]#[N+]C1=C(C#N)N=Cc2ccc(CC)cc2[O][Ge]([Cl])([Cl])[O]c2cc(OC)ccc2C=N1.[Cl][In]1[O]c2ccccc2C=NCCN=Cc2ccccc2[O]1. The van der Waals surface area contributed by atoms with E-state index in [1.54, 1.807) is 42.8 Å². The number of hydrogen-bond acceptors (Lipinski definition) is 16. The van der Waals surface area contributed by atoms with E-state index < -0.39 is 49.2 Å². The van der Waals surface area contributed by atoms with Gasteiger partial charge < -0.3 is 0 Å². The first-order valence-electron chi connectivity index (χ1n) is 28.5. The van der Waals surface area contributed by atoms with E-state index in [-0.39, 0.29) is 17.3 Å². The molecule has 0 atom stereocenters. The molecule has 0 saturated heterocycles. The Kier molecular flexibility index (Phi) is 25.9. The van der Waals surface area contributed by atoms with Crippen LogP contribution in [0.5, 0.6) is 40.2 Å². The van der Waals surface area contributed by atoms with Gasteiger partial charge in [-0.25, -0.2) is 0 Å². The van der Waals surface area contributed by atoms with E-state index in [0.717, 1.165) is 94.7 Å². The van der Waals surface area contributed by atoms with Crippen LogP contribution in [-0.4, -0.2) is 133 Å². The molecule has 0 amide bonds. The van der Waals surface area contributed by atoms with Crippen molar-refractivity contribution in [1.82, 2.24) is 0 Å². The normalized spacial score (nSPS) is 13.9. The third-order valence-corrected chi connectivity index (χ3v) is 23.6. The predicted molar refractivity (Wildman–Crippen MR) is 366 cm³/mol. The summed E-state index contributed by atoms with van der Waals surface area (Å²) in [6.45, 7) is 22.8. The third-order valence-electron chi connectivity index (χ3n) is 13.6. The fraction of sp³-hybridized carbons (Fsp3) is 0.200. The average Bonchev–Trinajstić information content (AvgIpc) is 3.48. The molecule has 3 aliphatic rings. The van der Waals surface area contributed by atoms with Crippen molar-refractivity contribution >= 4 is 147 Å². The van der Waals surface area contributed by atoms with Gasteiger partial charge in [0.25, 0.3) is 0 Å². The number of rotatable bonds is 8. The zero-order valence-corrected chi connectivity index (χ0v) is 60.6. The number of fused-ring (bicyclic) bond motifs is 7. The van der Waals surface area contributed by atoms with Gasteiger partial charge in [0.05, 0.1) is 0 Å². The van der Waals surface area contributed by atoms with Crippen LogP contribution in [0.4, 0.5) is 22.7 Å². The molecule has 7 aromatic rings. The van der Waals surface area contributed by atoms with E-state index in [9.17, 15) is 5.26 Å². The summed E-state index contributed by atoms with van der Waals surface area (Å²) in [7, 11) is 27.8. The van der Waals surface area contributed by atoms with Gasteiger partial charge in [-0.1, -0.05) is 0 Å². The number of ether oxygens (including phenoxy) is 1. The molecule has 0 radical (unpaired) electrons. The van der Waals surface area contributed by atoms with E-state index >= 15 is 0 Å². The van der Waals surface area contributed by atoms with Crippen molar-refractivity contribution in [2.75, 3.05) is 56.2 Å². The van der Waals surface area contributed by atoms with E-state index in [1.807, 2.05) is 129 Å². The summed E-state index contributed by atoms with van der Waals surface area (Å²) in [6, 6.07) is 47.9. The summed E-state index contributed by atoms with van der Waals surface area (Å²) in [5.41, 5.74) is 9.08. The molecule has 3 aliphatic heterocycles. The van der Waals surface area contributed by atoms with E-state index in [4.69, 9.17) is 79.8 Å². The Labute approximate surface area is 553 Å². The predicted octanol–water partition coefficient (Wildman–Crippen LogP) is 15.2. The van der Waals surface area contributed by atoms with E-state index in [2.05, 4.69) is 74.4 Å². The Morgan fingerprint density at radius 2 is 1.02 bits per heavy atom. The Balaban J connectivity index is 0.000000177. The fourth-order valence-corrected chi connectivity index (χ4v) is 19.1. The monoisotopic (exact) mass is 1490 g/mol. The Morgan fingerprint density at radius 1 is 0.573 bits per heavy atom. The Morgan fingerprint density at radius 3 is 1.52 bits per heavy atom. The molecule has 0 aromatic heterocycles. The molecule has 0 unspecified atom stereocenters. The summed E-state index contributed by atoms with van der Waals surface area (Å²) in [5, 5.41) is 9.49. The van der Waals surface area contributed by atoms with Crippen LogP contribution < -0.4 is 34.8 Å². The molecule has 0 fully saturated rings. The van der Waals surface area contributed by atoms with Crippen molar-refractivity contribution < 1.29 is 25.0 Å². The number of hydrogen-bond donors (Lipinski definition) is 0. The first kappa shape index (κ1) is 67.6. The molecule has 89 heavy (non-hydrogen) atoms. The number of anilines is 2. The second-order valence-corrected chi connectivity index (χ2v) is 37.4.